The van der Waals surface area contributed by atoms with Crippen molar-refractivity contribution in [1.29, 1.82) is 0 Å². The van der Waals surface area contributed by atoms with Crippen LogP contribution < -0.4 is 0 Å². The van der Waals surface area contributed by atoms with Crippen molar-refractivity contribution in [2.75, 3.05) is 0 Å². The van der Waals surface area contributed by atoms with E-state index in [4.69, 9.17) is 0 Å². The topological polar surface area (TPSA) is 0 Å². The number of hydrogen-bond acceptors (Lipinski definition) is 0. The van der Waals surface area contributed by atoms with Crippen LogP contribution in [0.15, 0.2) is 0 Å². The molecule has 0 aliphatic rings. The van der Waals surface area contributed by atoms with E-state index in [1.54, 1.807) is 0 Å². The summed E-state index contributed by atoms with van der Waals surface area (Å²) in [4.78, 5) is 0. The van der Waals surface area contributed by atoms with E-state index in [1.165, 1.54) is 0 Å². The molecule has 0 amide bonds. The van der Waals surface area contributed by atoms with Gasteiger partial charge in [0.1, 0.15) is 0 Å². The summed E-state index contributed by atoms with van der Waals surface area (Å²) in [6, 6.07) is 0. The fourth-order valence-corrected chi connectivity index (χ4v) is 0. The van der Waals surface area contributed by atoms with Gasteiger partial charge in [-0.2, -0.15) is 0 Å². The Hall–Kier alpha value is 3.04. The van der Waals surface area contributed by atoms with Crippen LogP contribution in [0.3, 0.4) is 0 Å². The summed E-state index contributed by atoms with van der Waals surface area (Å²) < 4.78 is 0. The van der Waals surface area contributed by atoms with E-state index in [-0.39, 0.29) is 91.5 Å². The predicted octanol–water partition coefficient (Wildman–Crippen LogP) is -1.14. The summed E-state index contributed by atoms with van der Waals surface area (Å²) in [7, 11) is 0. The van der Waals surface area contributed by atoms with Crippen LogP contribution in [0, 0.1) is 0 Å². The van der Waals surface area contributed by atoms with Crippen LogP contribution in [0.4, 0.5) is 0 Å². The van der Waals surface area contributed by atoms with Crippen molar-refractivity contribution in [2.24, 2.45) is 0 Å². The Balaban J connectivity index is 0. The molecule has 7 radical (unpaired) electrons. The predicted molar refractivity (Wildman–Crippen MR) is 17.3 cm³/mol. The van der Waals surface area contributed by atoms with Crippen molar-refractivity contribution in [1.82, 2.24) is 0 Å². The molecule has 0 aliphatic heterocycles. The van der Waals surface area contributed by atoms with Gasteiger partial charge in [0.25, 0.3) is 0 Å². The zero-order chi connectivity index (χ0) is 0. The van der Waals surface area contributed by atoms with E-state index >= 15 is 0 Å². The van der Waals surface area contributed by atoms with Crippen LogP contribution in [0.25, 0.3) is 0 Å². The van der Waals surface area contributed by atoms with E-state index in [2.05, 4.69) is 0 Å². The molecule has 4 heavy (non-hydrogen) atoms. The third kappa shape index (κ3) is 8.90. The Morgan fingerprint density at radius 1 is 0.500 bits per heavy atom. The second kappa shape index (κ2) is 16.6. The van der Waals surface area contributed by atoms with Gasteiger partial charge in [-0.15, -0.1) is 0 Å². The molecular weight excluding hydrogens is 270 g/mol. The van der Waals surface area contributed by atoms with Crippen LogP contribution in [0.2, 0.25) is 0 Å². The Labute approximate surface area is 89.8 Å². The fraction of sp³-hybridized carbons (Fsp3) is 0. The smallest absolute Gasteiger partial charge is 0 e. The zero-order valence-electron chi connectivity index (χ0n) is 2.42. The summed E-state index contributed by atoms with van der Waals surface area (Å²) in [6.45, 7) is 0. The molecule has 0 saturated carbocycles. The van der Waals surface area contributed by atoms with Crippen LogP contribution in [-0.2, 0) is 22.4 Å². The van der Waals surface area contributed by atoms with Crippen molar-refractivity contribution in [3.05, 3.63) is 0 Å². The maximum atomic E-state index is 0. The van der Waals surface area contributed by atoms with Crippen LogP contribution in [0.5, 0.6) is 0 Å². The molecule has 0 aromatic rings. The van der Waals surface area contributed by atoms with Gasteiger partial charge in [0, 0.05) is 91.5 Å². The quantitative estimate of drug-likeness (QED) is 0.488. The van der Waals surface area contributed by atoms with E-state index in [0.29, 0.717) is 0 Å². The van der Waals surface area contributed by atoms with Crippen LogP contribution in [-0.4, -0.2) is 69.2 Å². The van der Waals surface area contributed by atoms with Crippen LogP contribution >= 0.6 is 0 Å². The van der Waals surface area contributed by atoms with E-state index < -0.39 is 0 Å². The minimum absolute atomic E-state index is 0. The van der Waals surface area contributed by atoms with Crippen molar-refractivity contribution < 1.29 is 22.4 Å². The number of rotatable bonds is 0. The molecule has 0 nitrogen and oxygen atoms in total. The summed E-state index contributed by atoms with van der Waals surface area (Å²) in [5.41, 5.74) is 0. The van der Waals surface area contributed by atoms with Crippen LogP contribution in [0.1, 0.15) is 0 Å². The molecule has 0 atom stereocenters. The van der Waals surface area contributed by atoms with E-state index in [1.807, 2.05) is 0 Å². The molecule has 0 heterocycles. The molecule has 17 valence electrons. The second-order valence-corrected chi connectivity index (χ2v) is 0. The van der Waals surface area contributed by atoms with Gasteiger partial charge >= 0.3 is 0 Å². The normalized spacial score (nSPS) is 0. The monoisotopic (exact) mass is 269 g/mol. The molecular formula is AuMg3. The third-order valence-corrected chi connectivity index (χ3v) is 0. The van der Waals surface area contributed by atoms with Crippen molar-refractivity contribution in [3.63, 3.8) is 0 Å². The van der Waals surface area contributed by atoms with Gasteiger partial charge in [0.05, 0.1) is 0 Å². The van der Waals surface area contributed by atoms with Crippen molar-refractivity contribution in [2.45, 2.75) is 0 Å². The average molecular weight is 270 g/mol. The third-order valence-electron chi connectivity index (χ3n) is 0. The first-order chi connectivity index (χ1) is 0. The van der Waals surface area contributed by atoms with E-state index in [9.17, 15) is 0 Å². The SMILES string of the molecule is [Au].[Mg].[Mg].[Mg]. The van der Waals surface area contributed by atoms with Gasteiger partial charge in [-0.05, 0) is 0 Å². The Kier molecular flexibility index (Phi) is 115. The standard InChI is InChI=1S/Au.3Mg. The molecule has 0 bridgehead atoms. The molecule has 0 aromatic heterocycles. The van der Waals surface area contributed by atoms with Gasteiger partial charge in [-0.1, -0.05) is 0 Å². The maximum Gasteiger partial charge on any atom is 0 e. The zero-order valence-corrected chi connectivity index (χ0v) is 8.83. The van der Waals surface area contributed by atoms with Gasteiger partial charge in [-0.3, -0.25) is 0 Å². The molecule has 0 aromatic carbocycles. The molecule has 0 rings (SSSR count). The minimum atomic E-state index is 0. The van der Waals surface area contributed by atoms with Crippen molar-refractivity contribution >= 4 is 69.2 Å². The maximum absolute atomic E-state index is 0. The summed E-state index contributed by atoms with van der Waals surface area (Å²) in [5.74, 6) is 0. The fourth-order valence-electron chi connectivity index (χ4n) is 0. The van der Waals surface area contributed by atoms with Gasteiger partial charge in [0.2, 0.25) is 0 Å². The Morgan fingerprint density at radius 3 is 0.500 bits per heavy atom. The number of hydrogen-bond donors (Lipinski definition) is 0. The minimum Gasteiger partial charge on any atom is 0 e. The Bertz CT molecular complexity index is 3.25. The van der Waals surface area contributed by atoms with Gasteiger partial charge < -0.3 is 0 Å². The molecule has 0 unspecified atom stereocenters. The second-order valence-electron chi connectivity index (χ2n) is 0. The molecule has 4 heteroatoms. The molecule has 0 N–H and O–H groups in total. The van der Waals surface area contributed by atoms with Gasteiger partial charge in [0.15, 0.2) is 0 Å². The molecule has 0 spiro atoms. The van der Waals surface area contributed by atoms with Crippen molar-refractivity contribution in [3.8, 4) is 0 Å². The first-order valence-corrected chi connectivity index (χ1v) is 0. The summed E-state index contributed by atoms with van der Waals surface area (Å²) in [6.07, 6.45) is 0. The average Bonchev–Trinajstić information content (AvgIpc) is 0. The van der Waals surface area contributed by atoms with Gasteiger partial charge in [-0.25, -0.2) is 0 Å². The molecule has 0 saturated heterocycles. The molecule has 0 fully saturated rings. The first-order valence-electron chi connectivity index (χ1n) is 0. The first kappa shape index (κ1) is 27.8. The summed E-state index contributed by atoms with van der Waals surface area (Å²) >= 11 is 0. The summed E-state index contributed by atoms with van der Waals surface area (Å²) in [5, 5.41) is 0. The largest absolute Gasteiger partial charge is 0 e. The van der Waals surface area contributed by atoms with E-state index in [0.717, 1.165) is 0 Å². The Morgan fingerprint density at radius 2 is 0.500 bits per heavy atom. The molecule has 0 aliphatic carbocycles.